The van der Waals surface area contributed by atoms with Crippen LogP contribution in [0, 0.1) is 0 Å². The molecule has 2 heterocycles. The summed E-state index contributed by atoms with van der Waals surface area (Å²) in [6, 6.07) is 10.7. The Kier molecular flexibility index (Phi) is 2.96. The van der Waals surface area contributed by atoms with E-state index in [2.05, 4.69) is 29.2 Å². The van der Waals surface area contributed by atoms with Gasteiger partial charge in [-0.15, -0.1) is 0 Å². The van der Waals surface area contributed by atoms with Crippen molar-refractivity contribution in [3.05, 3.63) is 35.9 Å². The van der Waals surface area contributed by atoms with E-state index in [1.165, 1.54) is 5.56 Å². The molecule has 0 N–H and O–H groups in total. The smallest absolute Gasteiger partial charge is 0.410 e. The van der Waals surface area contributed by atoms with Crippen LogP contribution in [0.2, 0.25) is 0 Å². The van der Waals surface area contributed by atoms with Crippen LogP contribution in [0.15, 0.2) is 30.3 Å². The number of amides is 1. The molecule has 0 bridgehead atoms. The molecule has 1 unspecified atom stereocenters. The molecule has 1 amide bonds. The van der Waals surface area contributed by atoms with Crippen LogP contribution in [0.3, 0.4) is 0 Å². The molecule has 4 heteroatoms. The van der Waals surface area contributed by atoms with Gasteiger partial charge in [-0.3, -0.25) is 9.80 Å². The lowest BCUT2D eigenvalue weighted by atomic mass is 10.1. The number of carbonyl (C=O) groups excluding carboxylic acids is 1. The van der Waals surface area contributed by atoms with Gasteiger partial charge in [0.15, 0.2) is 0 Å². The zero-order valence-corrected chi connectivity index (χ0v) is 10.6. The molecule has 4 nitrogen and oxygen atoms in total. The van der Waals surface area contributed by atoms with Gasteiger partial charge in [-0.1, -0.05) is 30.3 Å². The van der Waals surface area contributed by atoms with Gasteiger partial charge in [-0.2, -0.15) is 0 Å². The quantitative estimate of drug-likeness (QED) is 0.796. The SMILES string of the molecule is CC1OC(=O)N2CCN(Cc3ccccc3)C[C@@H]12. The maximum absolute atomic E-state index is 11.6. The highest BCUT2D eigenvalue weighted by Gasteiger charge is 2.42. The van der Waals surface area contributed by atoms with Crippen molar-refractivity contribution in [2.45, 2.75) is 25.6 Å². The van der Waals surface area contributed by atoms with Crippen molar-refractivity contribution in [3.8, 4) is 0 Å². The van der Waals surface area contributed by atoms with Gasteiger partial charge in [0.25, 0.3) is 0 Å². The molecule has 0 saturated carbocycles. The van der Waals surface area contributed by atoms with Gasteiger partial charge in [0, 0.05) is 26.2 Å². The third-order valence-electron chi connectivity index (χ3n) is 3.81. The number of piperazine rings is 1. The third kappa shape index (κ3) is 2.08. The molecule has 2 aliphatic rings. The molecule has 0 aliphatic carbocycles. The van der Waals surface area contributed by atoms with Crippen LogP contribution in [-0.4, -0.2) is 47.7 Å². The van der Waals surface area contributed by atoms with Crippen molar-refractivity contribution in [2.75, 3.05) is 19.6 Å². The summed E-state index contributed by atoms with van der Waals surface area (Å²) in [5, 5.41) is 0. The molecule has 18 heavy (non-hydrogen) atoms. The molecular weight excluding hydrogens is 228 g/mol. The minimum absolute atomic E-state index is 0.0103. The molecule has 0 aromatic heterocycles. The van der Waals surface area contributed by atoms with Gasteiger partial charge >= 0.3 is 6.09 Å². The first kappa shape index (κ1) is 11.5. The largest absolute Gasteiger partial charge is 0.444 e. The zero-order chi connectivity index (χ0) is 12.5. The van der Waals surface area contributed by atoms with Crippen molar-refractivity contribution >= 4 is 6.09 Å². The first-order valence-electron chi connectivity index (χ1n) is 6.47. The summed E-state index contributed by atoms with van der Waals surface area (Å²) in [6.07, 6.45) is -0.136. The third-order valence-corrected chi connectivity index (χ3v) is 3.81. The van der Waals surface area contributed by atoms with Gasteiger partial charge in [-0.25, -0.2) is 4.79 Å². The molecule has 2 atom stereocenters. The number of carbonyl (C=O) groups is 1. The summed E-state index contributed by atoms with van der Waals surface area (Å²) in [5.41, 5.74) is 1.32. The molecule has 2 saturated heterocycles. The Bertz CT molecular complexity index is 435. The zero-order valence-electron chi connectivity index (χ0n) is 10.6. The molecule has 1 aromatic rings. The summed E-state index contributed by atoms with van der Waals surface area (Å²) < 4.78 is 5.27. The van der Waals surface area contributed by atoms with E-state index < -0.39 is 0 Å². The van der Waals surface area contributed by atoms with Crippen molar-refractivity contribution in [1.82, 2.24) is 9.80 Å². The highest BCUT2D eigenvalue weighted by atomic mass is 16.6. The molecule has 2 aliphatic heterocycles. The minimum atomic E-state index is -0.146. The van der Waals surface area contributed by atoms with E-state index in [0.29, 0.717) is 0 Å². The number of rotatable bonds is 2. The van der Waals surface area contributed by atoms with E-state index in [1.807, 2.05) is 17.9 Å². The van der Waals surface area contributed by atoms with Crippen LogP contribution in [0.1, 0.15) is 12.5 Å². The van der Waals surface area contributed by atoms with Crippen LogP contribution in [0.5, 0.6) is 0 Å². The number of nitrogens with zero attached hydrogens (tertiary/aromatic N) is 2. The average molecular weight is 246 g/mol. The molecule has 0 spiro atoms. The molecular formula is C14H18N2O2. The Morgan fingerprint density at radius 2 is 2.06 bits per heavy atom. The Hall–Kier alpha value is -1.55. The van der Waals surface area contributed by atoms with Gasteiger partial charge < -0.3 is 4.74 Å². The van der Waals surface area contributed by atoms with Crippen molar-refractivity contribution in [1.29, 1.82) is 0 Å². The van der Waals surface area contributed by atoms with Crippen LogP contribution >= 0.6 is 0 Å². The summed E-state index contributed by atoms with van der Waals surface area (Å²) in [7, 11) is 0. The van der Waals surface area contributed by atoms with Crippen LogP contribution in [0.4, 0.5) is 4.79 Å². The lowest BCUT2D eigenvalue weighted by molar-refractivity contribution is 0.105. The second kappa shape index (κ2) is 4.61. The first-order chi connectivity index (χ1) is 8.74. The summed E-state index contributed by atoms with van der Waals surface area (Å²) >= 11 is 0. The van der Waals surface area contributed by atoms with E-state index in [1.54, 1.807) is 0 Å². The number of hydrogen-bond donors (Lipinski definition) is 0. The lowest BCUT2D eigenvalue weighted by Crippen LogP contribution is -2.53. The van der Waals surface area contributed by atoms with Gasteiger partial charge in [0.1, 0.15) is 6.10 Å². The summed E-state index contributed by atoms with van der Waals surface area (Å²) in [6.45, 7) is 5.54. The summed E-state index contributed by atoms with van der Waals surface area (Å²) in [4.78, 5) is 15.8. The molecule has 0 radical (unpaired) electrons. The molecule has 1 aromatic carbocycles. The lowest BCUT2D eigenvalue weighted by Gasteiger charge is -2.36. The van der Waals surface area contributed by atoms with E-state index in [4.69, 9.17) is 4.74 Å². The monoisotopic (exact) mass is 246 g/mol. The highest BCUT2D eigenvalue weighted by molar-refractivity contribution is 5.70. The standard InChI is InChI=1S/C14H18N2O2/c1-11-13-10-15(7-8-16(13)14(17)18-11)9-12-5-3-2-4-6-12/h2-6,11,13H,7-10H2,1H3/t11?,13-/m0/s1. The number of ether oxygens (including phenoxy) is 1. The van der Waals surface area contributed by atoms with Crippen molar-refractivity contribution in [2.24, 2.45) is 0 Å². The van der Waals surface area contributed by atoms with Gasteiger partial charge in [-0.05, 0) is 12.5 Å². The number of cyclic esters (lactones) is 1. The van der Waals surface area contributed by atoms with Crippen molar-refractivity contribution < 1.29 is 9.53 Å². The van der Waals surface area contributed by atoms with E-state index in [0.717, 1.165) is 26.2 Å². The second-order valence-electron chi connectivity index (χ2n) is 5.07. The molecule has 3 rings (SSSR count). The maximum Gasteiger partial charge on any atom is 0.410 e. The normalized spacial score (nSPS) is 28.1. The number of hydrogen-bond acceptors (Lipinski definition) is 3. The van der Waals surface area contributed by atoms with Crippen LogP contribution in [0.25, 0.3) is 0 Å². The van der Waals surface area contributed by atoms with Gasteiger partial charge in [0.2, 0.25) is 0 Å². The van der Waals surface area contributed by atoms with E-state index in [9.17, 15) is 4.79 Å². The molecule has 96 valence electrons. The summed E-state index contributed by atoms with van der Waals surface area (Å²) in [5.74, 6) is 0. The highest BCUT2D eigenvalue weighted by Crippen LogP contribution is 2.24. The number of fused-ring (bicyclic) bond motifs is 1. The fraction of sp³-hybridized carbons (Fsp3) is 0.500. The van der Waals surface area contributed by atoms with E-state index in [-0.39, 0.29) is 18.2 Å². The van der Waals surface area contributed by atoms with Crippen LogP contribution < -0.4 is 0 Å². The Morgan fingerprint density at radius 1 is 1.28 bits per heavy atom. The predicted octanol–water partition coefficient (Wildman–Crippen LogP) is 1.71. The Morgan fingerprint density at radius 3 is 2.83 bits per heavy atom. The van der Waals surface area contributed by atoms with Crippen LogP contribution in [-0.2, 0) is 11.3 Å². The maximum atomic E-state index is 11.6. The predicted molar refractivity (Wildman–Crippen MR) is 68.2 cm³/mol. The minimum Gasteiger partial charge on any atom is -0.444 e. The number of benzene rings is 1. The second-order valence-corrected chi connectivity index (χ2v) is 5.07. The van der Waals surface area contributed by atoms with Gasteiger partial charge in [0.05, 0.1) is 6.04 Å². The Labute approximate surface area is 107 Å². The average Bonchev–Trinajstić information content (AvgIpc) is 2.66. The van der Waals surface area contributed by atoms with Crippen molar-refractivity contribution in [3.63, 3.8) is 0 Å². The topological polar surface area (TPSA) is 32.8 Å². The Balaban J connectivity index is 1.66. The fourth-order valence-electron chi connectivity index (χ4n) is 2.79. The molecule has 2 fully saturated rings. The fourth-order valence-corrected chi connectivity index (χ4v) is 2.79. The van der Waals surface area contributed by atoms with E-state index >= 15 is 0 Å². The first-order valence-corrected chi connectivity index (χ1v) is 6.47.